The first-order valence-electron chi connectivity index (χ1n) is 20.8. The summed E-state index contributed by atoms with van der Waals surface area (Å²) >= 11 is 0. The van der Waals surface area contributed by atoms with E-state index in [1.165, 1.54) is 86.1 Å². The Bertz CT molecular complexity index is 3270. The van der Waals surface area contributed by atoms with Crippen molar-refractivity contribution in [2.45, 2.75) is 0 Å². The minimum Gasteiger partial charge on any atom is -0.309 e. The molecule has 0 amide bonds. The molecule has 1 heterocycles. The first-order chi connectivity index (χ1) is 29.8. The summed E-state index contributed by atoms with van der Waals surface area (Å²) in [5.74, 6) is 0. The van der Waals surface area contributed by atoms with Crippen molar-refractivity contribution in [3.05, 3.63) is 237 Å². The first kappa shape index (κ1) is 34.5. The Balaban J connectivity index is 1.05. The Hall–Kier alpha value is -7.52. The summed E-state index contributed by atoms with van der Waals surface area (Å²) in [4.78, 5) is 2.49. The lowest BCUT2D eigenvalue weighted by atomic mass is 9.96. The number of nitrogens with zero attached hydrogens (tertiary/aromatic N) is 1. The van der Waals surface area contributed by atoms with Crippen LogP contribution in [-0.2, 0) is 0 Å². The maximum absolute atomic E-state index is 2.54. The van der Waals surface area contributed by atoms with E-state index in [1.807, 2.05) is 0 Å². The molecular formula is C58H39NSi. The van der Waals surface area contributed by atoms with Crippen LogP contribution in [0.3, 0.4) is 0 Å². The van der Waals surface area contributed by atoms with Gasteiger partial charge in [-0.25, -0.2) is 0 Å². The van der Waals surface area contributed by atoms with Gasteiger partial charge in [-0.15, -0.1) is 0 Å². The van der Waals surface area contributed by atoms with Crippen molar-refractivity contribution in [2.24, 2.45) is 0 Å². The van der Waals surface area contributed by atoms with Crippen LogP contribution < -0.4 is 25.6 Å². The predicted octanol–water partition coefficient (Wildman–Crippen LogP) is 12.8. The summed E-state index contributed by atoms with van der Waals surface area (Å²) in [6.45, 7) is 0. The van der Waals surface area contributed by atoms with Crippen LogP contribution in [0.5, 0.6) is 0 Å². The van der Waals surface area contributed by atoms with Gasteiger partial charge >= 0.3 is 0 Å². The molecule has 60 heavy (non-hydrogen) atoms. The van der Waals surface area contributed by atoms with Gasteiger partial charge in [-0.3, -0.25) is 0 Å². The molecule has 0 saturated heterocycles. The molecule has 280 valence electrons. The zero-order valence-corrected chi connectivity index (χ0v) is 34.0. The zero-order chi connectivity index (χ0) is 39.6. The number of benzene rings is 11. The van der Waals surface area contributed by atoms with E-state index >= 15 is 0 Å². The largest absolute Gasteiger partial charge is 0.309 e. The van der Waals surface area contributed by atoms with Gasteiger partial charge in [-0.05, 0) is 106 Å². The standard InChI is InChI=1S/C58H39NSi/c1-3-19-45(20-4-1)60(46-21-5-2-6-22-46)57-30-16-15-29-53(57)54-37-41(33-36-58(54)60)40-31-34-44(35-32-40)59(55-38-42-17-7-9-23-47(42)49-25-11-13-27-51(49)55)56-39-43-18-8-10-24-48(43)50-26-12-14-28-52(50)56/h1-39H. The van der Waals surface area contributed by atoms with Crippen molar-refractivity contribution in [2.75, 3.05) is 4.90 Å². The highest BCUT2D eigenvalue weighted by molar-refractivity contribution is 7.22. The summed E-state index contributed by atoms with van der Waals surface area (Å²) in [5.41, 5.74) is 8.56. The molecule has 2 heteroatoms. The fraction of sp³-hybridized carbons (Fsp3) is 0. The molecule has 0 fully saturated rings. The van der Waals surface area contributed by atoms with Crippen LogP contribution in [0.25, 0.3) is 65.3 Å². The third-order valence-electron chi connectivity index (χ3n) is 12.9. The highest BCUT2D eigenvalue weighted by Crippen LogP contribution is 2.46. The van der Waals surface area contributed by atoms with E-state index in [-0.39, 0.29) is 0 Å². The van der Waals surface area contributed by atoms with Crippen LogP contribution in [0.2, 0.25) is 0 Å². The van der Waals surface area contributed by atoms with E-state index in [0.717, 1.165) is 17.1 Å². The smallest absolute Gasteiger partial charge is 0.180 e. The van der Waals surface area contributed by atoms with Gasteiger partial charge in [0.1, 0.15) is 0 Å². The van der Waals surface area contributed by atoms with E-state index in [0.29, 0.717) is 0 Å². The van der Waals surface area contributed by atoms with Crippen LogP contribution in [0.4, 0.5) is 17.1 Å². The number of rotatable bonds is 6. The Labute approximate surface area is 351 Å². The maximum Gasteiger partial charge on any atom is 0.180 e. The second-order valence-corrected chi connectivity index (χ2v) is 19.7. The molecule has 1 aliphatic heterocycles. The Morgan fingerprint density at radius 1 is 0.283 bits per heavy atom. The van der Waals surface area contributed by atoms with Crippen LogP contribution in [0.15, 0.2) is 237 Å². The van der Waals surface area contributed by atoms with Crippen molar-refractivity contribution in [3.8, 4) is 22.3 Å². The number of fused-ring (bicyclic) bond motifs is 9. The zero-order valence-electron chi connectivity index (χ0n) is 33.0. The Morgan fingerprint density at radius 2 is 0.717 bits per heavy atom. The van der Waals surface area contributed by atoms with Crippen LogP contribution >= 0.6 is 0 Å². The van der Waals surface area contributed by atoms with Crippen LogP contribution in [0.1, 0.15) is 0 Å². The van der Waals surface area contributed by atoms with Crippen molar-refractivity contribution in [3.63, 3.8) is 0 Å². The lowest BCUT2D eigenvalue weighted by Gasteiger charge is -2.31. The van der Waals surface area contributed by atoms with Gasteiger partial charge in [-0.1, -0.05) is 206 Å². The molecule has 0 bridgehead atoms. The molecule has 0 aromatic heterocycles. The van der Waals surface area contributed by atoms with Gasteiger partial charge in [0.2, 0.25) is 0 Å². The molecule has 11 aromatic rings. The molecule has 0 unspecified atom stereocenters. The summed E-state index contributed by atoms with van der Waals surface area (Å²) in [7, 11) is -2.54. The Morgan fingerprint density at radius 3 is 1.28 bits per heavy atom. The molecule has 0 radical (unpaired) electrons. The number of anilines is 3. The summed E-state index contributed by atoms with van der Waals surface area (Å²) in [6.07, 6.45) is 0. The summed E-state index contributed by atoms with van der Waals surface area (Å²) in [6, 6.07) is 88.2. The van der Waals surface area contributed by atoms with E-state index in [2.05, 4.69) is 241 Å². The van der Waals surface area contributed by atoms with E-state index in [9.17, 15) is 0 Å². The van der Waals surface area contributed by atoms with Gasteiger partial charge in [0.15, 0.2) is 8.07 Å². The second kappa shape index (κ2) is 13.8. The summed E-state index contributed by atoms with van der Waals surface area (Å²) < 4.78 is 0. The molecule has 0 saturated carbocycles. The molecule has 1 aliphatic rings. The van der Waals surface area contributed by atoms with Gasteiger partial charge in [0.05, 0.1) is 11.4 Å². The lowest BCUT2D eigenvalue weighted by molar-refractivity contribution is 1.32. The molecule has 12 rings (SSSR count). The van der Waals surface area contributed by atoms with Gasteiger partial charge < -0.3 is 4.90 Å². The van der Waals surface area contributed by atoms with Crippen molar-refractivity contribution in [1.29, 1.82) is 0 Å². The molecule has 1 nitrogen and oxygen atoms in total. The second-order valence-electron chi connectivity index (χ2n) is 16.0. The fourth-order valence-electron chi connectivity index (χ4n) is 10.3. The Kier molecular flexibility index (Phi) is 7.94. The van der Waals surface area contributed by atoms with Crippen molar-refractivity contribution >= 4 is 89.0 Å². The average Bonchev–Trinajstić information content (AvgIpc) is 3.63. The number of hydrogen-bond donors (Lipinski definition) is 0. The van der Waals surface area contributed by atoms with Gasteiger partial charge in [-0.2, -0.15) is 0 Å². The molecule has 11 aromatic carbocycles. The first-order valence-corrected chi connectivity index (χ1v) is 22.8. The SMILES string of the molecule is c1ccc([Si]2(c3ccccc3)c3ccccc3-c3cc(-c4ccc(N(c5cc6ccccc6c6ccccc56)c5cc6ccccc6c6ccccc56)cc4)ccc32)cc1. The molecular weight excluding hydrogens is 739 g/mol. The summed E-state index contributed by atoms with van der Waals surface area (Å²) in [5, 5.41) is 15.7. The van der Waals surface area contributed by atoms with E-state index in [1.54, 1.807) is 0 Å². The van der Waals surface area contributed by atoms with Gasteiger partial charge in [0, 0.05) is 16.5 Å². The maximum atomic E-state index is 2.49. The minimum atomic E-state index is -2.54. The normalized spacial score (nSPS) is 12.8. The van der Waals surface area contributed by atoms with E-state index in [4.69, 9.17) is 0 Å². The monoisotopic (exact) mass is 777 g/mol. The van der Waals surface area contributed by atoms with Crippen LogP contribution in [-0.4, -0.2) is 8.07 Å². The average molecular weight is 778 g/mol. The molecule has 0 atom stereocenters. The fourth-order valence-corrected chi connectivity index (χ4v) is 15.4. The van der Waals surface area contributed by atoms with Crippen molar-refractivity contribution in [1.82, 2.24) is 0 Å². The molecule has 0 N–H and O–H groups in total. The molecule has 0 spiro atoms. The van der Waals surface area contributed by atoms with Gasteiger partial charge in [0.25, 0.3) is 0 Å². The third kappa shape index (κ3) is 5.18. The third-order valence-corrected chi connectivity index (χ3v) is 17.8. The topological polar surface area (TPSA) is 3.24 Å². The number of hydrogen-bond acceptors (Lipinski definition) is 1. The lowest BCUT2D eigenvalue weighted by Crippen LogP contribution is -2.72. The van der Waals surface area contributed by atoms with Crippen molar-refractivity contribution < 1.29 is 0 Å². The highest BCUT2D eigenvalue weighted by Gasteiger charge is 2.48. The quantitative estimate of drug-likeness (QED) is 0.120. The predicted molar refractivity (Wildman–Crippen MR) is 259 cm³/mol. The highest BCUT2D eigenvalue weighted by atomic mass is 28.3. The van der Waals surface area contributed by atoms with Crippen LogP contribution in [0, 0.1) is 0 Å². The minimum absolute atomic E-state index is 1.12. The van der Waals surface area contributed by atoms with E-state index < -0.39 is 8.07 Å². The molecule has 0 aliphatic carbocycles.